The molecule has 19 heavy (non-hydrogen) atoms. The molecule has 3 nitrogen and oxygen atoms in total. The predicted octanol–water partition coefficient (Wildman–Crippen LogP) is 2.50. The second kappa shape index (κ2) is 7.08. The van der Waals surface area contributed by atoms with E-state index in [9.17, 15) is 4.39 Å². The molecule has 0 aromatic heterocycles. The Morgan fingerprint density at radius 2 is 2.00 bits per heavy atom. The van der Waals surface area contributed by atoms with Crippen LogP contribution in [-0.2, 0) is 0 Å². The van der Waals surface area contributed by atoms with E-state index in [0.717, 1.165) is 39.1 Å². The van der Waals surface area contributed by atoms with Crippen molar-refractivity contribution in [3.8, 4) is 5.75 Å². The molecule has 0 saturated carbocycles. The quantitative estimate of drug-likeness (QED) is 0.774. The molecule has 0 N–H and O–H groups in total. The number of hydrogen-bond donors (Lipinski definition) is 0. The number of halogens is 2. The summed E-state index contributed by atoms with van der Waals surface area (Å²) in [7, 11) is 2.14. The molecule has 1 aliphatic rings. The molecular formula is C14H20ClFN2O. The van der Waals surface area contributed by atoms with Gasteiger partial charge in [-0.25, -0.2) is 4.39 Å². The molecule has 5 heteroatoms. The Bertz CT molecular complexity index is 388. The standard InChI is InChI=1S/C14H20ClFN2O/c1-17-7-9-18(10-8-17)6-3-11-19-14-12(15)4-2-5-13(14)16/h2,4-5H,3,6-11H2,1H3. The van der Waals surface area contributed by atoms with E-state index in [1.165, 1.54) is 6.07 Å². The molecule has 0 atom stereocenters. The first-order valence-electron chi connectivity index (χ1n) is 6.64. The average molecular weight is 287 g/mol. The van der Waals surface area contributed by atoms with Gasteiger partial charge in [-0.1, -0.05) is 17.7 Å². The van der Waals surface area contributed by atoms with Crippen LogP contribution in [0.2, 0.25) is 5.02 Å². The van der Waals surface area contributed by atoms with E-state index in [2.05, 4.69) is 16.8 Å². The van der Waals surface area contributed by atoms with Gasteiger partial charge >= 0.3 is 0 Å². The molecule has 1 heterocycles. The molecule has 0 spiro atoms. The third kappa shape index (κ3) is 4.34. The van der Waals surface area contributed by atoms with Crippen molar-refractivity contribution >= 4 is 11.6 Å². The van der Waals surface area contributed by atoms with Crippen molar-refractivity contribution < 1.29 is 9.13 Å². The SMILES string of the molecule is CN1CCN(CCCOc2c(F)cccc2Cl)CC1. The second-order valence-electron chi connectivity index (χ2n) is 4.90. The van der Waals surface area contributed by atoms with Gasteiger partial charge in [0.25, 0.3) is 0 Å². The Morgan fingerprint density at radius 1 is 1.26 bits per heavy atom. The molecule has 106 valence electrons. The van der Waals surface area contributed by atoms with E-state index >= 15 is 0 Å². The maximum atomic E-state index is 13.5. The number of rotatable bonds is 5. The van der Waals surface area contributed by atoms with Gasteiger partial charge in [0.2, 0.25) is 0 Å². The summed E-state index contributed by atoms with van der Waals surface area (Å²) in [4.78, 5) is 4.73. The van der Waals surface area contributed by atoms with Crippen molar-refractivity contribution in [1.29, 1.82) is 0 Å². The van der Waals surface area contributed by atoms with Gasteiger partial charge in [0, 0.05) is 32.7 Å². The van der Waals surface area contributed by atoms with E-state index in [0.29, 0.717) is 11.6 Å². The lowest BCUT2D eigenvalue weighted by Gasteiger charge is -2.32. The van der Waals surface area contributed by atoms with Crippen molar-refractivity contribution in [2.75, 3.05) is 46.4 Å². The van der Waals surface area contributed by atoms with E-state index in [1.54, 1.807) is 12.1 Å². The normalized spacial score (nSPS) is 17.6. The molecule has 1 aliphatic heterocycles. The van der Waals surface area contributed by atoms with Gasteiger partial charge in [-0.3, -0.25) is 0 Å². The minimum absolute atomic E-state index is 0.169. The van der Waals surface area contributed by atoms with Crippen LogP contribution in [0.1, 0.15) is 6.42 Å². The van der Waals surface area contributed by atoms with E-state index in [1.807, 2.05) is 0 Å². The largest absolute Gasteiger partial charge is 0.489 e. The molecule has 1 fully saturated rings. The van der Waals surface area contributed by atoms with Gasteiger partial charge in [0.05, 0.1) is 11.6 Å². The first-order valence-corrected chi connectivity index (χ1v) is 7.02. The molecular weight excluding hydrogens is 267 g/mol. The van der Waals surface area contributed by atoms with Crippen LogP contribution in [0.4, 0.5) is 4.39 Å². The van der Waals surface area contributed by atoms with Crippen LogP contribution in [-0.4, -0.2) is 56.2 Å². The molecule has 0 radical (unpaired) electrons. The number of para-hydroxylation sites is 1. The summed E-state index contributed by atoms with van der Waals surface area (Å²) >= 11 is 5.89. The number of nitrogens with zero attached hydrogens (tertiary/aromatic N) is 2. The minimum Gasteiger partial charge on any atom is -0.489 e. The molecule has 0 bridgehead atoms. The lowest BCUT2D eigenvalue weighted by molar-refractivity contribution is 0.145. The van der Waals surface area contributed by atoms with Gasteiger partial charge in [-0.2, -0.15) is 0 Å². The van der Waals surface area contributed by atoms with E-state index in [4.69, 9.17) is 16.3 Å². The smallest absolute Gasteiger partial charge is 0.173 e. The zero-order chi connectivity index (χ0) is 13.7. The Kier molecular flexibility index (Phi) is 5.43. The summed E-state index contributed by atoms with van der Waals surface area (Å²) in [5, 5.41) is 0.333. The Balaban J connectivity index is 1.69. The lowest BCUT2D eigenvalue weighted by atomic mass is 10.3. The second-order valence-corrected chi connectivity index (χ2v) is 5.30. The van der Waals surface area contributed by atoms with Crippen LogP contribution in [0.3, 0.4) is 0 Å². The van der Waals surface area contributed by atoms with Gasteiger partial charge in [-0.05, 0) is 25.6 Å². The predicted molar refractivity (Wildman–Crippen MR) is 75.5 cm³/mol. The number of hydrogen-bond acceptors (Lipinski definition) is 3. The molecule has 2 rings (SSSR count). The van der Waals surface area contributed by atoms with Gasteiger partial charge in [-0.15, -0.1) is 0 Å². The highest BCUT2D eigenvalue weighted by Gasteiger charge is 2.13. The van der Waals surface area contributed by atoms with Crippen LogP contribution in [0.25, 0.3) is 0 Å². The van der Waals surface area contributed by atoms with Crippen molar-refractivity contribution in [2.45, 2.75) is 6.42 Å². The van der Waals surface area contributed by atoms with Crippen LogP contribution >= 0.6 is 11.6 Å². The molecule has 0 aliphatic carbocycles. The van der Waals surface area contributed by atoms with Crippen molar-refractivity contribution in [3.63, 3.8) is 0 Å². The zero-order valence-corrected chi connectivity index (χ0v) is 12.0. The summed E-state index contributed by atoms with van der Waals surface area (Å²) in [6.45, 7) is 5.89. The molecule has 0 unspecified atom stereocenters. The number of ether oxygens (including phenoxy) is 1. The Labute approximate surface area is 118 Å². The Hall–Kier alpha value is -0.840. The summed E-state index contributed by atoms with van der Waals surface area (Å²) < 4.78 is 18.9. The fourth-order valence-corrected chi connectivity index (χ4v) is 2.37. The van der Waals surface area contributed by atoms with Gasteiger partial charge in [0.1, 0.15) is 0 Å². The summed E-state index contributed by atoms with van der Waals surface area (Å²) in [5.74, 6) is -0.227. The van der Waals surface area contributed by atoms with Crippen LogP contribution in [0.5, 0.6) is 5.75 Å². The van der Waals surface area contributed by atoms with E-state index in [-0.39, 0.29) is 5.75 Å². The highest BCUT2D eigenvalue weighted by atomic mass is 35.5. The summed E-state index contributed by atoms with van der Waals surface area (Å²) in [6, 6.07) is 4.58. The zero-order valence-electron chi connectivity index (χ0n) is 11.2. The fourth-order valence-electron chi connectivity index (χ4n) is 2.15. The average Bonchev–Trinajstić information content (AvgIpc) is 2.39. The molecule has 1 saturated heterocycles. The van der Waals surface area contributed by atoms with Crippen molar-refractivity contribution in [3.05, 3.63) is 29.0 Å². The summed E-state index contributed by atoms with van der Waals surface area (Å²) in [6.07, 6.45) is 0.883. The molecule has 1 aromatic rings. The minimum atomic E-state index is -0.396. The highest BCUT2D eigenvalue weighted by Crippen LogP contribution is 2.27. The van der Waals surface area contributed by atoms with Gasteiger partial charge < -0.3 is 14.5 Å². The lowest BCUT2D eigenvalue weighted by Crippen LogP contribution is -2.44. The first kappa shape index (κ1) is 14.6. The van der Waals surface area contributed by atoms with Gasteiger partial charge in [0.15, 0.2) is 11.6 Å². The Morgan fingerprint density at radius 3 is 2.68 bits per heavy atom. The van der Waals surface area contributed by atoms with E-state index < -0.39 is 5.82 Å². The van der Waals surface area contributed by atoms with Crippen LogP contribution in [0.15, 0.2) is 18.2 Å². The fraction of sp³-hybridized carbons (Fsp3) is 0.571. The maximum absolute atomic E-state index is 13.5. The topological polar surface area (TPSA) is 15.7 Å². The molecule has 0 amide bonds. The third-order valence-electron chi connectivity index (χ3n) is 3.38. The first-order chi connectivity index (χ1) is 9.16. The highest BCUT2D eigenvalue weighted by molar-refractivity contribution is 6.32. The third-order valence-corrected chi connectivity index (χ3v) is 3.68. The summed E-state index contributed by atoms with van der Waals surface area (Å²) in [5.41, 5.74) is 0. The number of piperazine rings is 1. The van der Waals surface area contributed by atoms with Crippen molar-refractivity contribution in [2.24, 2.45) is 0 Å². The number of likely N-dealkylation sites (N-methyl/N-ethyl adjacent to an activating group) is 1. The van der Waals surface area contributed by atoms with Crippen LogP contribution in [0, 0.1) is 5.82 Å². The maximum Gasteiger partial charge on any atom is 0.173 e. The number of benzene rings is 1. The monoisotopic (exact) mass is 286 g/mol. The van der Waals surface area contributed by atoms with Crippen molar-refractivity contribution in [1.82, 2.24) is 9.80 Å². The molecule has 1 aromatic carbocycles. The van der Waals surface area contributed by atoms with Crippen LogP contribution < -0.4 is 4.74 Å².